The van der Waals surface area contributed by atoms with Gasteiger partial charge in [-0.2, -0.15) is 0 Å². The van der Waals surface area contributed by atoms with Crippen molar-refractivity contribution in [3.05, 3.63) is 64.6 Å². The van der Waals surface area contributed by atoms with Crippen LogP contribution in [0.15, 0.2) is 59.1 Å². The highest BCUT2D eigenvalue weighted by atomic mass is 79.9. The van der Waals surface area contributed by atoms with Gasteiger partial charge in [0.2, 0.25) is 0 Å². The van der Waals surface area contributed by atoms with Gasteiger partial charge < -0.3 is 20.5 Å². The summed E-state index contributed by atoms with van der Waals surface area (Å²) in [5, 5.41) is 15.4. The monoisotopic (exact) mass is 456 g/mol. The number of hydrogen-bond donors (Lipinski definition) is 3. The second-order valence-corrected chi connectivity index (χ2v) is 6.90. The number of aromatic nitrogens is 2. The van der Waals surface area contributed by atoms with E-state index in [0.717, 1.165) is 15.7 Å². The molecule has 29 heavy (non-hydrogen) atoms. The molecule has 0 unspecified atom stereocenters. The average Bonchev–Trinajstić information content (AvgIpc) is 2.74. The molecular formula is C21H21BrN4O3. The van der Waals surface area contributed by atoms with Crippen molar-refractivity contribution in [1.82, 2.24) is 9.97 Å². The first kappa shape index (κ1) is 20.8. The minimum absolute atomic E-state index is 0.109. The van der Waals surface area contributed by atoms with Crippen LogP contribution in [0.3, 0.4) is 0 Å². The number of aliphatic hydroxyl groups excluding tert-OH is 1. The first-order chi connectivity index (χ1) is 14.1. The van der Waals surface area contributed by atoms with Crippen LogP contribution in [-0.2, 0) is 4.74 Å². The predicted octanol–water partition coefficient (Wildman–Crippen LogP) is 4.23. The normalized spacial score (nSPS) is 10.4. The fraction of sp³-hybridized carbons (Fsp3) is 0.190. The highest BCUT2D eigenvalue weighted by Crippen LogP contribution is 2.29. The summed E-state index contributed by atoms with van der Waals surface area (Å²) in [6.45, 7) is 2.08. The number of benzene rings is 2. The van der Waals surface area contributed by atoms with E-state index in [1.54, 1.807) is 6.92 Å². The van der Waals surface area contributed by atoms with Crippen LogP contribution in [-0.4, -0.2) is 40.8 Å². The molecule has 3 aromatic rings. The maximum Gasteiger partial charge on any atom is 0.345 e. The van der Waals surface area contributed by atoms with E-state index in [1.807, 2.05) is 54.6 Å². The molecule has 0 aliphatic rings. The van der Waals surface area contributed by atoms with Crippen molar-refractivity contribution < 1.29 is 14.6 Å². The first-order valence-corrected chi connectivity index (χ1v) is 9.93. The molecule has 2 aromatic carbocycles. The lowest BCUT2D eigenvalue weighted by Crippen LogP contribution is -2.17. The number of esters is 1. The Morgan fingerprint density at radius 3 is 2.41 bits per heavy atom. The molecule has 0 radical (unpaired) electrons. The van der Waals surface area contributed by atoms with E-state index in [2.05, 4.69) is 36.5 Å². The topological polar surface area (TPSA) is 96.4 Å². The number of carbonyl (C=O) groups excluding carboxylic acids is 1. The van der Waals surface area contributed by atoms with Gasteiger partial charge in [0.25, 0.3) is 0 Å². The smallest absolute Gasteiger partial charge is 0.345 e. The zero-order valence-electron chi connectivity index (χ0n) is 15.9. The summed E-state index contributed by atoms with van der Waals surface area (Å²) in [6, 6.07) is 17.0. The number of aliphatic hydroxyl groups is 1. The van der Waals surface area contributed by atoms with Crippen molar-refractivity contribution in [3.8, 4) is 11.4 Å². The summed E-state index contributed by atoms with van der Waals surface area (Å²) >= 11 is 3.41. The quantitative estimate of drug-likeness (QED) is 0.436. The number of nitrogens with one attached hydrogen (secondary N) is 2. The lowest BCUT2D eigenvalue weighted by atomic mass is 10.2. The molecule has 1 heterocycles. The van der Waals surface area contributed by atoms with E-state index in [9.17, 15) is 9.90 Å². The van der Waals surface area contributed by atoms with Gasteiger partial charge in [0.1, 0.15) is 11.4 Å². The van der Waals surface area contributed by atoms with Crippen LogP contribution >= 0.6 is 15.9 Å². The predicted molar refractivity (Wildman–Crippen MR) is 116 cm³/mol. The molecule has 0 saturated heterocycles. The summed E-state index contributed by atoms with van der Waals surface area (Å²) in [7, 11) is 0. The number of rotatable bonds is 8. The second-order valence-electron chi connectivity index (χ2n) is 5.99. The molecule has 0 saturated carbocycles. The Morgan fingerprint density at radius 1 is 1.07 bits per heavy atom. The van der Waals surface area contributed by atoms with Crippen molar-refractivity contribution in [2.75, 3.05) is 30.4 Å². The largest absolute Gasteiger partial charge is 0.462 e. The van der Waals surface area contributed by atoms with Gasteiger partial charge in [0.05, 0.1) is 13.2 Å². The zero-order chi connectivity index (χ0) is 20.6. The first-order valence-electron chi connectivity index (χ1n) is 9.14. The Hall–Kier alpha value is -2.97. The van der Waals surface area contributed by atoms with E-state index in [-0.39, 0.29) is 25.3 Å². The molecule has 3 rings (SSSR count). The maximum atomic E-state index is 12.7. The highest BCUT2D eigenvalue weighted by molar-refractivity contribution is 9.10. The molecule has 0 fully saturated rings. The van der Waals surface area contributed by atoms with Crippen LogP contribution in [0, 0.1) is 0 Å². The number of halogens is 1. The molecule has 7 nitrogen and oxygen atoms in total. The molecule has 3 N–H and O–H groups in total. The Labute approximate surface area is 177 Å². The van der Waals surface area contributed by atoms with Gasteiger partial charge in [-0.15, -0.1) is 0 Å². The summed E-state index contributed by atoms with van der Waals surface area (Å²) in [5.74, 6) is 0.511. The lowest BCUT2D eigenvalue weighted by Gasteiger charge is -2.16. The molecule has 150 valence electrons. The SMILES string of the molecule is CCOC(=O)c1c(NCCO)nc(-c2ccccc2)nc1Nc1ccc(Br)cc1. The van der Waals surface area contributed by atoms with Crippen LogP contribution in [0.2, 0.25) is 0 Å². The van der Waals surface area contributed by atoms with E-state index in [0.29, 0.717) is 17.5 Å². The molecule has 0 bridgehead atoms. The number of nitrogens with zero attached hydrogens (tertiary/aromatic N) is 2. The van der Waals surface area contributed by atoms with Gasteiger partial charge in [-0.1, -0.05) is 46.3 Å². The van der Waals surface area contributed by atoms with Gasteiger partial charge in [-0.05, 0) is 31.2 Å². The van der Waals surface area contributed by atoms with Crippen molar-refractivity contribution >= 4 is 39.2 Å². The molecule has 0 atom stereocenters. The summed E-state index contributed by atoms with van der Waals surface area (Å²) in [5.41, 5.74) is 1.74. The minimum Gasteiger partial charge on any atom is -0.462 e. The van der Waals surface area contributed by atoms with E-state index >= 15 is 0 Å². The van der Waals surface area contributed by atoms with Gasteiger partial charge >= 0.3 is 5.97 Å². The maximum absolute atomic E-state index is 12.7. The molecule has 0 aliphatic carbocycles. The van der Waals surface area contributed by atoms with Crippen LogP contribution in [0.1, 0.15) is 17.3 Å². The molecular weight excluding hydrogens is 436 g/mol. The fourth-order valence-corrected chi connectivity index (χ4v) is 2.90. The summed E-state index contributed by atoms with van der Waals surface area (Å²) < 4.78 is 6.16. The Bertz CT molecular complexity index is 966. The van der Waals surface area contributed by atoms with Gasteiger partial charge in [-0.25, -0.2) is 14.8 Å². The Balaban J connectivity index is 2.13. The van der Waals surface area contributed by atoms with Crippen LogP contribution in [0.25, 0.3) is 11.4 Å². The Kier molecular flexibility index (Phi) is 7.15. The number of ether oxygens (including phenoxy) is 1. The minimum atomic E-state index is -0.549. The number of hydrogen-bond acceptors (Lipinski definition) is 7. The van der Waals surface area contributed by atoms with E-state index in [1.165, 1.54) is 0 Å². The number of carbonyl (C=O) groups is 1. The third kappa shape index (κ3) is 5.30. The van der Waals surface area contributed by atoms with Crippen LogP contribution in [0.4, 0.5) is 17.3 Å². The second kappa shape index (κ2) is 9.99. The van der Waals surface area contributed by atoms with Crippen molar-refractivity contribution in [3.63, 3.8) is 0 Å². The molecule has 0 amide bonds. The van der Waals surface area contributed by atoms with Crippen LogP contribution < -0.4 is 10.6 Å². The zero-order valence-corrected chi connectivity index (χ0v) is 17.4. The highest BCUT2D eigenvalue weighted by Gasteiger charge is 2.23. The van der Waals surface area contributed by atoms with Gasteiger partial charge in [-0.3, -0.25) is 0 Å². The third-order valence-electron chi connectivity index (χ3n) is 3.93. The fourth-order valence-electron chi connectivity index (χ4n) is 2.64. The van der Waals surface area contributed by atoms with E-state index in [4.69, 9.17) is 4.74 Å². The van der Waals surface area contributed by atoms with E-state index < -0.39 is 5.97 Å². The van der Waals surface area contributed by atoms with Crippen molar-refractivity contribution in [1.29, 1.82) is 0 Å². The Morgan fingerprint density at radius 2 is 1.76 bits per heavy atom. The number of anilines is 3. The molecule has 0 aliphatic heterocycles. The lowest BCUT2D eigenvalue weighted by molar-refractivity contribution is 0.0528. The van der Waals surface area contributed by atoms with Crippen molar-refractivity contribution in [2.45, 2.75) is 6.92 Å². The molecule has 0 spiro atoms. The third-order valence-corrected chi connectivity index (χ3v) is 4.46. The standard InChI is InChI=1S/C21H21BrN4O3/c1-2-29-21(28)17-19(23-12-13-27)25-18(14-6-4-3-5-7-14)26-20(17)24-16-10-8-15(22)9-11-16/h3-11,27H,2,12-13H2,1H3,(H2,23,24,25,26). The van der Waals surface area contributed by atoms with Crippen molar-refractivity contribution in [2.24, 2.45) is 0 Å². The van der Waals surface area contributed by atoms with Crippen LogP contribution in [0.5, 0.6) is 0 Å². The summed E-state index contributed by atoms with van der Waals surface area (Å²) in [6.07, 6.45) is 0. The molecule has 1 aromatic heterocycles. The van der Waals surface area contributed by atoms with Gasteiger partial charge in [0, 0.05) is 22.3 Å². The summed E-state index contributed by atoms with van der Waals surface area (Å²) in [4.78, 5) is 21.8. The molecule has 8 heteroatoms. The average molecular weight is 457 g/mol. The van der Waals surface area contributed by atoms with Gasteiger partial charge in [0.15, 0.2) is 11.6 Å².